The van der Waals surface area contributed by atoms with Crippen molar-refractivity contribution in [1.29, 1.82) is 0 Å². The zero-order valence-electron chi connectivity index (χ0n) is 10.1. The summed E-state index contributed by atoms with van der Waals surface area (Å²) in [6, 6.07) is 3.98. The fourth-order valence-electron chi connectivity index (χ4n) is 1.90. The Balaban J connectivity index is 2.12. The molecule has 2 rings (SSSR count). The van der Waals surface area contributed by atoms with Crippen molar-refractivity contribution < 1.29 is 4.79 Å². The van der Waals surface area contributed by atoms with Gasteiger partial charge >= 0.3 is 0 Å². The molecule has 2 nitrogen and oxygen atoms in total. The predicted molar refractivity (Wildman–Crippen MR) is 64.5 cm³/mol. The highest BCUT2D eigenvalue weighted by molar-refractivity contribution is 5.96. The first-order valence-corrected chi connectivity index (χ1v) is 6.16. The van der Waals surface area contributed by atoms with E-state index in [1.165, 1.54) is 19.3 Å². The number of nitrogens with zero attached hydrogens (tertiary/aromatic N) is 1. The van der Waals surface area contributed by atoms with Crippen LogP contribution in [0.2, 0.25) is 0 Å². The average molecular weight is 217 g/mol. The molecule has 1 aromatic rings. The molecule has 0 unspecified atom stereocenters. The number of Topliss-reactive ketones (excluding diaryl/α,β-unsaturated/α-hetero) is 1. The lowest BCUT2D eigenvalue weighted by molar-refractivity contribution is 0.0933. The first-order chi connectivity index (χ1) is 7.68. The maximum atomic E-state index is 12.0. The average Bonchev–Trinajstić information content (AvgIpc) is 3.09. The minimum Gasteiger partial charge on any atom is -0.292 e. The third-order valence-corrected chi connectivity index (χ3v) is 3.17. The van der Waals surface area contributed by atoms with E-state index in [2.05, 4.69) is 4.98 Å². The van der Waals surface area contributed by atoms with Gasteiger partial charge in [-0.15, -0.1) is 0 Å². The predicted octanol–water partition coefficient (Wildman–Crippen LogP) is 3.26. The number of aryl methyl sites for hydroxylation is 1. The van der Waals surface area contributed by atoms with Gasteiger partial charge in [0.15, 0.2) is 5.78 Å². The summed E-state index contributed by atoms with van der Waals surface area (Å²) in [7, 11) is 0. The van der Waals surface area contributed by atoms with Gasteiger partial charge in [0.25, 0.3) is 0 Å². The molecule has 0 amide bonds. The van der Waals surface area contributed by atoms with Crippen molar-refractivity contribution in [2.45, 2.75) is 39.5 Å². The van der Waals surface area contributed by atoms with Crippen LogP contribution in [0.15, 0.2) is 18.3 Å². The second-order valence-electron chi connectivity index (χ2n) is 5.01. The summed E-state index contributed by atoms with van der Waals surface area (Å²) in [6.45, 7) is 3.86. The number of carbonyl (C=O) groups is 1. The molecule has 1 aromatic heterocycles. The summed E-state index contributed by atoms with van der Waals surface area (Å²) in [6.07, 6.45) is 6.67. The molecule has 0 aromatic carbocycles. The standard InChI is InChI=1S/C14H19NO/c1-10(2)14(16)13-12(4-3-9-15-13)8-7-11-5-6-11/h3-4,9-11H,5-8H2,1-2H3. The molecule has 0 bridgehead atoms. The van der Waals surface area contributed by atoms with Gasteiger partial charge < -0.3 is 0 Å². The second kappa shape index (κ2) is 4.77. The highest BCUT2D eigenvalue weighted by Gasteiger charge is 2.22. The van der Waals surface area contributed by atoms with Crippen molar-refractivity contribution in [2.24, 2.45) is 11.8 Å². The number of pyridine rings is 1. The van der Waals surface area contributed by atoms with Crippen LogP contribution in [0, 0.1) is 11.8 Å². The van der Waals surface area contributed by atoms with Gasteiger partial charge in [0.2, 0.25) is 0 Å². The van der Waals surface area contributed by atoms with Crippen LogP contribution in [0.5, 0.6) is 0 Å². The van der Waals surface area contributed by atoms with Crippen LogP contribution >= 0.6 is 0 Å². The molecule has 0 N–H and O–H groups in total. The zero-order chi connectivity index (χ0) is 11.5. The number of aromatic nitrogens is 1. The lowest BCUT2D eigenvalue weighted by Crippen LogP contribution is -2.12. The Labute approximate surface area is 97.1 Å². The molecule has 0 radical (unpaired) electrons. The topological polar surface area (TPSA) is 30.0 Å². The van der Waals surface area contributed by atoms with Crippen LogP contribution < -0.4 is 0 Å². The molecule has 1 saturated carbocycles. The van der Waals surface area contributed by atoms with Crippen LogP contribution in [-0.2, 0) is 6.42 Å². The van der Waals surface area contributed by atoms with E-state index in [0.717, 1.165) is 17.9 Å². The van der Waals surface area contributed by atoms with Crippen molar-refractivity contribution in [3.63, 3.8) is 0 Å². The first-order valence-electron chi connectivity index (χ1n) is 6.16. The largest absolute Gasteiger partial charge is 0.292 e. The number of hydrogen-bond donors (Lipinski definition) is 0. The lowest BCUT2D eigenvalue weighted by atomic mass is 9.98. The maximum absolute atomic E-state index is 12.0. The Bertz CT molecular complexity index is 380. The van der Waals surface area contributed by atoms with Crippen LogP contribution in [0.1, 0.15) is 49.2 Å². The summed E-state index contributed by atoms with van der Waals surface area (Å²) in [5, 5.41) is 0. The normalized spacial score (nSPS) is 15.4. The van der Waals surface area contributed by atoms with Gasteiger partial charge in [0.1, 0.15) is 5.69 Å². The fraction of sp³-hybridized carbons (Fsp3) is 0.571. The van der Waals surface area contributed by atoms with Crippen molar-refractivity contribution in [3.8, 4) is 0 Å². The van der Waals surface area contributed by atoms with Gasteiger partial charge in [0, 0.05) is 12.1 Å². The Morgan fingerprint density at radius 2 is 2.25 bits per heavy atom. The minimum absolute atomic E-state index is 0.0366. The molecule has 1 heterocycles. The molecule has 86 valence electrons. The van der Waals surface area contributed by atoms with Crippen molar-refractivity contribution in [3.05, 3.63) is 29.6 Å². The highest BCUT2D eigenvalue weighted by Crippen LogP contribution is 2.33. The molecule has 1 fully saturated rings. The SMILES string of the molecule is CC(C)C(=O)c1ncccc1CCC1CC1. The molecule has 0 spiro atoms. The highest BCUT2D eigenvalue weighted by atomic mass is 16.1. The first kappa shape index (κ1) is 11.3. The van der Waals surface area contributed by atoms with E-state index >= 15 is 0 Å². The number of rotatable bonds is 5. The monoisotopic (exact) mass is 217 g/mol. The number of carbonyl (C=O) groups excluding carboxylic acids is 1. The fourth-order valence-corrected chi connectivity index (χ4v) is 1.90. The molecule has 0 atom stereocenters. The lowest BCUT2D eigenvalue weighted by Gasteiger charge is -2.09. The molecule has 0 saturated heterocycles. The van der Waals surface area contributed by atoms with Crippen molar-refractivity contribution in [2.75, 3.05) is 0 Å². The van der Waals surface area contributed by atoms with Gasteiger partial charge in [-0.05, 0) is 30.4 Å². The van der Waals surface area contributed by atoms with Crippen LogP contribution in [0.25, 0.3) is 0 Å². The smallest absolute Gasteiger partial charge is 0.183 e. The molecule has 2 heteroatoms. The summed E-state index contributed by atoms with van der Waals surface area (Å²) in [5.74, 6) is 1.11. The van der Waals surface area contributed by atoms with Gasteiger partial charge in [-0.3, -0.25) is 9.78 Å². The quantitative estimate of drug-likeness (QED) is 0.708. The Kier molecular flexibility index (Phi) is 3.37. The van der Waals surface area contributed by atoms with Gasteiger partial charge in [-0.2, -0.15) is 0 Å². The molecule has 16 heavy (non-hydrogen) atoms. The van der Waals surface area contributed by atoms with Crippen LogP contribution in [0.4, 0.5) is 0 Å². The van der Waals surface area contributed by atoms with Crippen molar-refractivity contribution in [1.82, 2.24) is 4.98 Å². The summed E-state index contributed by atoms with van der Waals surface area (Å²) < 4.78 is 0. The Morgan fingerprint density at radius 1 is 1.50 bits per heavy atom. The van der Waals surface area contributed by atoms with Crippen LogP contribution in [0.3, 0.4) is 0 Å². The van der Waals surface area contributed by atoms with E-state index in [4.69, 9.17) is 0 Å². The summed E-state index contributed by atoms with van der Waals surface area (Å²) >= 11 is 0. The second-order valence-corrected chi connectivity index (χ2v) is 5.01. The molecule has 1 aliphatic rings. The third kappa shape index (κ3) is 2.69. The number of hydrogen-bond acceptors (Lipinski definition) is 2. The summed E-state index contributed by atoms with van der Waals surface area (Å²) in [5.41, 5.74) is 1.83. The van der Waals surface area contributed by atoms with E-state index in [-0.39, 0.29) is 11.7 Å². The maximum Gasteiger partial charge on any atom is 0.183 e. The van der Waals surface area contributed by atoms with Crippen LogP contribution in [-0.4, -0.2) is 10.8 Å². The molecule has 1 aliphatic carbocycles. The molecular formula is C14H19NO. The minimum atomic E-state index is 0.0366. The number of ketones is 1. The van der Waals surface area contributed by atoms with E-state index in [0.29, 0.717) is 5.69 Å². The van der Waals surface area contributed by atoms with Gasteiger partial charge in [0.05, 0.1) is 0 Å². The molecule has 0 aliphatic heterocycles. The van der Waals surface area contributed by atoms with E-state index in [1.54, 1.807) is 6.20 Å². The van der Waals surface area contributed by atoms with E-state index < -0.39 is 0 Å². The molecular weight excluding hydrogens is 198 g/mol. The van der Waals surface area contributed by atoms with Gasteiger partial charge in [-0.25, -0.2) is 0 Å². The van der Waals surface area contributed by atoms with E-state index in [9.17, 15) is 4.79 Å². The zero-order valence-corrected chi connectivity index (χ0v) is 10.1. The van der Waals surface area contributed by atoms with Crippen molar-refractivity contribution >= 4 is 5.78 Å². The summed E-state index contributed by atoms with van der Waals surface area (Å²) in [4.78, 5) is 16.2. The Hall–Kier alpha value is -1.18. The third-order valence-electron chi connectivity index (χ3n) is 3.17. The van der Waals surface area contributed by atoms with Gasteiger partial charge in [-0.1, -0.05) is 32.8 Å². The Morgan fingerprint density at radius 3 is 2.88 bits per heavy atom. The van der Waals surface area contributed by atoms with E-state index in [1.807, 2.05) is 26.0 Å².